The van der Waals surface area contributed by atoms with E-state index < -0.39 is 10.0 Å². The van der Waals surface area contributed by atoms with E-state index in [0.29, 0.717) is 10.9 Å². The first kappa shape index (κ1) is 14.7. The van der Waals surface area contributed by atoms with Gasteiger partial charge in [0.25, 0.3) is 10.0 Å². The monoisotopic (exact) mass is 343 g/mol. The molecular formula is C14H14ClNO3S2. The van der Waals surface area contributed by atoms with Crippen molar-refractivity contribution in [1.82, 2.24) is 0 Å². The molecule has 0 amide bonds. The molecule has 2 aromatic rings. The van der Waals surface area contributed by atoms with Crippen LogP contribution in [0.25, 0.3) is 0 Å². The summed E-state index contributed by atoms with van der Waals surface area (Å²) >= 11 is 6.95. The van der Waals surface area contributed by atoms with Gasteiger partial charge in [-0.1, -0.05) is 11.6 Å². The summed E-state index contributed by atoms with van der Waals surface area (Å²) in [6, 6.07) is 8.66. The van der Waals surface area contributed by atoms with E-state index in [1.807, 2.05) is 6.07 Å². The highest BCUT2D eigenvalue weighted by atomic mass is 35.5. The molecule has 1 aromatic heterocycles. The van der Waals surface area contributed by atoms with Crippen molar-refractivity contribution < 1.29 is 13.2 Å². The number of nitrogens with zero attached hydrogens (tertiary/aromatic N) is 1. The molecule has 0 fully saturated rings. The van der Waals surface area contributed by atoms with Crippen LogP contribution in [0.1, 0.15) is 12.0 Å². The van der Waals surface area contributed by atoms with Gasteiger partial charge >= 0.3 is 0 Å². The maximum atomic E-state index is 12.8. The topological polar surface area (TPSA) is 46.6 Å². The van der Waals surface area contributed by atoms with Crippen LogP contribution in [0, 0.1) is 0 Å². The highest BCUT2D eigenvalue weighted by Gasteiger charge is 2.30. The normalized spacial score (nSPS) is 14.9. The van der Waals surface area contributed by atoms with E-state index in [9.17, 15) is 8.42 Å². The number of ether oxygens (including phenoxy) is 1. The van der Waals surface area contributed by atoms with Crippen LogP contribution in [0.4, 0.5) is 5.69 Å². The fraction of sp³-hybridized carbons (Fsp3) is 0.286. The lowest BCUT2D eigenvalue weighted by molar-refractivity contribution is 0.414. The van der Waals surface area contributed by atoms with Gasteiger partial charge in [0.1, 0.15) is 9.96 Å². The van der Waals surface area contributed by atoms with Gasteiger partial charge in [-0.25, -0.2) is 8.42 Å². The third-order valence-electron chi connectivity index (χ3n) is 3.46. The van der Waals surface area contributed by atoms with Gasteiger partial charge in [-0.05, 0) is 48.7 Å². The zero-order chi connectivity index (χ0) is 15.0. The number of aryl methyl sites for hydroxylation is 1. The molecular weight excluding hydrogens is 330 g/mol. The Labute approximate surface area is 133 Å². The Hall–Kier alpha value is -1.24. The molecule has 0 saturated carbocycles. The Morgan fingerprint density at radius 2 is 2.10 bits per heavy atom. The minimum atomic E-state index is -3.55. The molecule has 1 aromatic carbocycles. The number of hydrogen-bond acceptors (Lipinski definition) is 4. The molecule has 7 heteroatoms. The lowest BCUT2D eigenvalue weighted by Gasteiger charge is -2.30. The zero-order valence-corrected chi connectivity index (χ0v) is 13.8. The van der Waals surface area contributed by atoms with E-state index in [-0.39, 0.29) is 4.21 Å². The predicted molar refractivity (Wildman–Crippen MR) is 85.2 cm³/mol. The fourth-order valence-corrected chi connectivity index (χ4v) is 5.60. The first-order valence-electron chi connectivity index (χ1n) is 6.47. The molecule has 0 bridgehead atoms. The van der Waals surface area contributed by atoms with E-state index in [2.05, 4.69) is 0 Å². The lowest BCUT2D eigenvalue weighted by Crippen LogP contribution is -2.35. The SMILES string of the molecule is COc1ccc2c(c1)CCCN2S(=O)(=O)c1ccc(Cl)s1. The van der Waals surface area contributed by atoms with Crippen molar-refractivity contribution in [1.29, 1.82) is 0 Å². The number of benzene rings is 1. The van der Waals surface area contributed by atoms with Gasteiger partial charge in [-0.2, -0.15) is 0 Å². The minimum absolute atomic E-state index is 0.274. The summed E-state index contributed by atoms with van der Waals surface area (Å²) in [4.78, 5) is 0. The third kappa shape index (κ3) is 2.63. The van der Waals surface area contributed by atoms with Gasteiger partial charge in [-0.15, -0.1) is 11.3 Å². The summed E-state index contributed by atoms with van der Waals surface area (Å²) in [7, 11) is -1.94. The molecule has 0 aliphatic carbocycles. The molecule has 2 heterocycles. The van der Waals surface area contributed by atoms with Crippen molar-refractivity contribution in [2.75, 3.05) is 18.0 Å². The standard InChI is InChI=1S/C14H14ClNO3S2/c1-19-11-4-5-12-10(9-11)3-2-8-16(12)21(17,18)14-7-6-13(15)20-14/h4-7,9H,2-3,8H2,1H3. The lowest BCUT2D eigenvalue weighted by atomic mass is 10.0. The van der Waals surface area contributed by atoms with Crippen molar-refractivity contribution in [3.05, 3.63) is 40.2 Å². The van der Waals surface area contributed by atoms with Gasteiger partial charge in [0.05, 0.1) is 17.1 Å². The van der Waals surface area contributed by atoms with Gasteiger partial charge in [0.2, 0.25) is 0 Å². The Kier molecular flexibility index (Phi) is 3.86. The quantitative estimate of drug-likeness (QED) is 0.856. The highest BCUT2D eigenvalue weighted by Crippen LogP contribution is 2.36. The Morgan fingerprint density at radius 1 is 1.29 bits per heavy atom. The second kappa shape index (κ2) is 5.51. The van der Waals surface area contributed by atoms with Crippen molar-refractivity contribution in [3.8, 4) is 5.75 Å². The Balaban J connectivity index is 2.06. The van der Waals surface area contributed by atoms with E-state index >= 15 is 0 Å². The summed E-state index contributed by atoms with van der Waals surface area (Å²) in [5, 5.41) is 0. The van der Waals surface area contributed by atoms with Crippen LogP contribution in [-0.4, -0.2) is 22.1 Å². The molecule has 21 heavy (non-hydrogen) atoms. The number of fused-ring (bicyclic) bond motifs is 1. The molecule has 0 saturated heterocycles. The number of anilines is 1. The van der Waals surface area contributed by atoms with Crippen LogP contribution in [0.2, 0.25) is 4.34 Å². The molecule has 1 aliphatic heterocycles. The molecule has 1 aliphatic rings. The molecule has 112 valence electrons. The van der Waals surface area contributed by atoms with Crippen LogP contribution >= 0.6 is 22.9 Å². The van der Waals surface area contributed by atoms with Crippen LogP contribution in [0.3, 0.4) is 0 Å². The van der Waals surface area contributed by atoms with E-state index in [1.54, 1.807) is 31.4 Å². The van der Waals surface area contributed by atoms with Gasteiger partial charge in [0, 0.05) is 6.54 Å². The van der Waals surface area contributed by atoms with Gasteiger partial charge in [-0.3, -0.25) is 4.31 Å². The summed E-state index contributed by atoms with van der Waals surface area (Å²) in [6.45, 7) is 0.483. The highest BCUT2D eigenvalue weighted by molar-refractivity contribution is 7.94. The van der Waals surface area contributed by atoms with Crippen molar-refractivity contribution in [2.24, 2.45) is 0 Å². The first-order valence-corrected chi connectivity index (χ1v) is 9.11. The van der Waals surface area contributed by atoms with E-state index in [0.717, 1.165) is 41.2 Å². The molecule has 0 atom stereocenters. The largest absolute Gasteiger partial charge is 0.497 e. The van der Waals surface area contributed by atoms with Gasteiger partial charge < -0.3 is 4.74 Å². The third-order valence-corrected chi connectivity index (χ3v) is 6.97. The summed E-state index contributed by atoms with van der Waals surface area (Å²) in [6.07, 6.45) is 1.64. The number of halogens is 1. The Morgan fingerprint density at radius 3 is 2.76 bits per heavy atom. The maximum absolute atomic E-state index is 12.8. The number of sulfonamides is 1. The average molecular weight is 344 g/mol. The number of hydrogen-bond donors (Lipinski definition) is 0. The zero-order valence-electron chi connectivity index (χ0n) is 11.4. The van der Waals surface area contributed by atoms with Crippen LogP contribution in [-0.2, 0) is 16.4 Å². The first-order chi connectivity index (χ1) is 10.0. The van der Waals surface area contributed by atoms with Crippen molar-refractivity contribution in [3.63, 3.8) is 0 Å². The smallest absolute Gasteiger partial charge is 0.273 e. The number of methoxy groups -OCH3 is 1. The van der Waals surface area contributed by atoms with E-state index in [4.69, 9.17) is 16.3 Å². The van der Waals surface area contributed by atoms with Crippen LogP contribution < -0.4 is 9.04 Å². The number of thiophene rings is 1. The average Bonchev–Trinajstić information content (AvgIpc) is 2.93. The van der Waals surface area contributed by atoms with Crippen molar-refractivity contribution >= 4 is 38.6 Å². The van der Waals surface area contributed by atoms with Crippen LogP contribution in [0.15, 0.2) is 34.5 Å². The molecule has 4 nitrogen and oxygen atoms in total. The van der Waals surface area contributed by atoms with Crippen molar-refractivity contribution in [2.45, 2.75) is 17.1 Å². The predicted octanol–water partition coefficient (Wildman–Crippen LogP) is 3.55. The Bertz CT molecular complexity index is 770. The second-order valence-electron chi connectivity index (χ2n) is 4.73. The van der Waals surface area contributed by atoms with Crippen LogP contribution in [0.5, 0.6) is 5.75 Å². The molecule has 0 unspecified atom stereocenters. The molecule has 3 rings (SSSR count). The van der Waals surface area contributed by atoms with E-state index in [1.165, 1.54) is 4.31 Å². The summed E-state index contributed by atoms with van der Waals surface area (Å²) < 4.78 is 32.9. The second-order valence-corrected chi connectivity index (χ2v) is 8.54. The molecule has 0 spiro atoms. The summed E-state index contributed by atoms with van der Waals surface area (Å²) in [5.74, 6) is 0.743. The molecule has 0 radical (unpaired) electrons. The fourth-order valence-electron chi connectivity index (χ4n) is 2.46. The number of rotatable bonds is 3. The van der Waals surface area contributed by atoms with Gasteiger partial charge in [0.15, 0.2) is 0 Å². The molecule has 0 N–H and O–H groups in total. The minimum Gasteiger partial charge on any atom is -0.497 e. The maximum Gasteiger partial charge on any atom is 0.273 e. The summed E-state index contributed by atoms with van der Waals surface area (Å²) in [5.41, 5.74) is 1.72.